The van der Waals surface area contributed by atoms with Crippen LogP contribution >= 0.6 is 0 Å². The summed E-state index contributed by atoms with van der Waals surface area (Å²) in [5.74, 6) is -0.993. The topological polar surface area (TPSA) is 92.5 Å². The Morgan fingerprint density at radius 3 is 2.76 bits per heavy atom. The highest BCUT2D eigenvalue weighted by molar-refractivity contribution is 7.89. The second kappa shape index (κ2) is 6.61. The Hall–Kier alpha value is -2.19. The fourth-order valence-corrected chi connectivity index (χ4v) is 5.05. The van der Waals surface area contributed by atoms with Gasteiger partial charge in [0.25, 0.3) is 0 Å². The van der Waals surface area contributed by atoms with Crippen LogP contribution in [0.3, 0.4) is 0 Å². The van der Waals surface area contributed by atoms with Gasteiger partial charge in [-0.1, -0.05) is 12.1 Å². The molecule has 1 aromatic carbocycles. The molecule has 0 amide bonds. The molecular formula is C17H21N3O4S. The highest BCUT2D eigenvalue weighted by atomic mass is 32.2. The number of piperidine rings is 1. The first kappa shape index (κ1) is 17.6. The second-order valence-electron chi connectivity index (χ2n) is 6.39. The Labute approximate surface area is 146 Å². The molecule has 1 aromatic heterocycles. The van der Waals surface area contributed by atoms with Gasteiger partial charge in [-0.2, -0.15) is 9.40 Å². The molecule has 25 heavy (non-hydrogen) atoms. The van der Waals surface area contributed by atoms with Crippen LogP contribution in [0.25, 0.3) is 0 Å². The lowest BCUT2D eigenvalue weighted by Gasteiger charge is -2.32. The van der Waals surface area contributed by atoms with E-state index in [9.17, 15) is 13.2 Å². The van der Waals surface area contributed by atoms with Crippen molar-refractivity contribution in [2.75, 3.05) is 13.1 Å². The summed E-state index contributed by atoms with van der Waals surface area (Å²) in [6.45, 7) is 2.50. The number of rotatable bonds is 4. The molecule has 3 rings (SSSR count). The normalized spacial score (nSPS) is 19.0. The number of sulfonamides is 1. The van der Waals surface area contributed by atoms with Crippen molar-refractivity contribution in [3.05, 3.63) is 47.3 Å². The summed E-state index contributed by atoms with van der Waals surface area (Å²) in [4.78, 5) is 11.4. The number of aryl methyl sites for hydroxylation is 2. The first-order valence-electron chi connectivity index (χ1n) is 8.12. The highest BCUT2D eigenvalue weighted by Crippen LogP contribution is 2.31. The van der Waals surface area contributed by atoms with E-state index in [1.54, 1.807) is 32.2 Å². The van der Waals surface area contributed by atoms with Crippen molar-refractivity contribution in [3.8, 4) is 0 Å². The number of carboxylic acid groups (broad SMARTS) is 1. The molecule has 1 aliphatic heterocycles. The van der Waals surface area contributed by atoms with Crippen LogP contribution in [0.1, 0.15) is 40.4 Å². The van der Waals surface area contributed by atoms with Gasteiger partial charge in [-0.15, -0.1) is 0 Å². The molecule has 1 fully saturated rings. The maximum absolute atomic E-state index is 13.0. The molecule has 0 unspecified atom stereocenters. The van der Waals surface area contributed by atoms with E-state index >= 15 is 0 Å². The van der Waals surface area contributed by atoms with Crippen LogP contribution in [0.4, 0.5) is 0 Å². The van der Waals surface area contributed by atoms with Gasteiger partial charge in [0.1, 0.15) is 4.90 Å². The number of carbonyl (C=O) groups is 1. The van der Waals surface area contributed by atoms with Crippen LogP contribution in [0.15, 0.2) is 35.4 Å². The zero-order chi connectivity index (χ0) is 18.2. The minimum atomic E-state index is -3.61. The minimum absolute atomic E-state index is 0.0141. The summed E-state index contributed by atoms with van der Waals surface area (Å²) in [7, 11) is -1.91. The monoisotopic (exact) mass is 363 g/mol. The van der Waals surface area contributed by atoms with E-state index < -0.39 is 16.0 Å². The third-order valence-corrected chi connectivity index (χ3v) is 6.54. The van der Waals surface area contributed by atoms with Crippen molar-refractivity contribution in [1.82, 2.24) is 14.1 Å². The fraction of sp³-hybridized carbons (Fsp3) is 0.412. The van der Waals surface area contributed by atoms with Crippen LogP contribution < -0.4 is 0 Å². The zero-order valence-corrected chi connectivity index (χ0v) is 15.0. The maximum Gasteiger partial charge on any atom is 0.335 e. The van der Waals surface area contributed by atoms with Crippen molar-refractivity contribution in [2.45, 2.75) is 30.6 Å². The molecule has 7 nitrogen and oxygen atoms in total. The molecule has 0 spiro atoms. The summed E-state index contributed by atoms with van der Waals surface area (Å²) in [5, 5.41) is 13.3. The molecule has 134 valence electrons. The summed E-state index contributed by atoms with van der Waals surface area (Å²) < 4.78 is 28.9. The van der Waals surface area contributed by atoms with E-state index in [4.69, 9.17) is 5.11 Å². The predicted molar refractivity (Wildman–Crippen MR) is 92.1 cm³/mol. The van der Waals surface area contributed by atoms with Crippen LogP contribution in [0.2, 0.25) is 0 Å². The van der Waals surface area contributed by atoms with Crippen molar-refractivity contribution in [2.24, 2.45) is 7.05 Å². The van der Waals surface area contributed by atoms with Gasteiger partial charge in [0, 0.05) is 26.3 Å². The Bertz CT molecular complexity index is 904. The van der Waals surface area contributed by atoms with Crippen molar-refractivity contribution in [3.63, 3.8) is 0 Å². The third kappa shape index (κ3) is 3.45. The Kier molecular flexibility index (Phi) is 4.66. The molecule has 0 radical (unpaired) electrons. The summed E-state index contributed by atoms with van der Waals surface area (Å²) >= 11 is 0. The smallest absolute Gasteiger partial charge is 0.335 e. The number of hydrogen-bond donors (Lipinski definition) is 1. The number of aromatic carboxylic acids is 1. The van der Waals surface area contributed by atoms with Gasteiger partial charge in [-0.05, 0) is 43.4 Å². The van der Waals surface area contributed by atoms with Crippen molar-refractivity contribution >= 4 is 16.0 Å². The lowest BCUT2D eigenvalue weighted by molar-refractivity contribution is 0.0696. The SMILES string of the molecule is Cc1nn(C)cc1S(=O)(=O)N1CCC[C@@H](c2cccc(C(=O)O)c2)C1. The van der Waals surface area contributed by atoms with Crippen LogP contribution in [0, 0.1) is 6.92 Å². The average Bonchev–Trinajstić information content (AvgIpc) is 2.94. The lowest BCUT2D eigenvalue weighted by atomic mass is 9.91. The average molecular weight is 363 g/mol. The Balaban J connectivity index is 1.87. The predicted octanol–water partition coefficient (Wildman–Crippen LogP) is 2.00. The molecule has 1 saturated heterocycles. The molecule has 1 atom stereocenters. The van der Waals surface area contributed by atoms with Gasteiger partial charge in [0.2, 0.25) is 10.0 Å². The molecule has 2 aromatic rings. The van der Waals surface area contributed by atoms with E-state index in [0.29, 0.717) is 18.8 Å². The summed E-state index contributed by atoms with van der Waals surface area (Å²) in [6, 6.07) is 6.75. The number of hydrogen-bond acceptors (Lipinski definition) is 4. The molecule has 1 aliphatic rings. The molecule has 1 N–H and O–H groups in total. The molecular weight excluding hydrogens is 342 g/mol. The van der Waals surface area contributed by atoms with E-state index in [1.807, 2.05) is 6.07 Å². The van der Waals surface area contributed by atoms with Gasteiger partial charge in [-0.25, -0.2) is 13.2 Å². The largest absolute Gasteiger partial charge is 0.478 e. The lowest BCUT2D eigenvalue weighted by Crippen LogP contribution is -2.39. The standard InChI is InChI=1S/C17H21N3O4S/c1-12-16(11-19(2)18-12)25(23,24)20-8-4-7-15(10-20)13-5-3-6-14(9-13)17(21)22/h3,5-6,9,11,15H,4,7-8,10H2,1-2H3,(H,21,22)/t15-/m1/s1. The summed E-state index contributed by atoms with van der Waals surface area (Å²) in [5.41, 5.74) is 1.57. The minimum Gasteiger partial charge on any atom is -0.478 e. The van der Waals surface area contributed by atoms with Crippen LogP contribution in [0.5, 0.6) is 0 Å². The van der Waals surface area contributed by atoms with E-state index in [-0.39, 0.29) is 16.4 Å². The maximum atomic E-state index is 13.0. The number of carboxylic acids is 1. The van der Waals surface area contributed by atoms with Gasteiger partial charge in [-0.3, -0.25) is 4.68 Å². The highest BCUT2D eigenvalue weighted by Gasteiger charge is 2.33. The second-order valence-corrected chi connectivity index (χ2v) is 8.29. The van der Waals surface area contributed by atoms with Crippen LogP contribution in [-0.4, -0.2) is 46.7 Å². The van der Waals surface area contributed by atoms with Crippen molar-refractivity contribution < 1.29 is 18.3 Å². The molecule has 0 bridgehead atoms. The van der Waals surface area contributed by atoms with E-state index in [2.05, 4.69) is 5.10 Å². The summed E-state index contributed by atoms with van der Waals surface area (Å²) in [6.07, 6.45) is 3.10. The quantitative estimate of drug-likeness (QED) is 0.897. The van der Waals surface area contributed by atoms with E-state index in [0.717, 1.165) is 18.4 Å². The number of aromatic nitrogens is 2. The molecule has 0 saturated carbocycles. The molecule has 2 heterocycles. The van der Waals surface area contributed by atoms with Gasteiger partial charge >= 0.3 is 5.97 Å². The zero-order valence-electron chi connectivity index (χ0n) is 14.2. The van der Waals surface area contributed by atoms with Gasteiger partial charge < -0.3 is 5.11 Å². The van der Waals surface area contributed by atoms with Gasteiger partial charge in [0.15, 0.2) is 0 Å². The van der Waals surface area contributed by atoms with Crippen molar-refractivity contribution in [1.29, 1.82) is 0 Å². The Morgan fingerprint density at radius 1 is 1.36 bits per heavy atom. The first-order chi connectivity index (χ1) is 11.8. The molecule has 8 heteroatoms. The first-order valence-corrected chi connectivity index (χ1v) is 9.56. The Morgan fingerprint density at radius 2 is 2.12 bits per heavy atom. The third-order valence-electron chi connectivity index (χ3n) is 4.58. The van der Waals surface area contributed by atoms with E-state index in [1.165, 1.54) is 15.2 Å². The fourth-order valence-electron chi connectivity index (χ4n) is 3.33. The number of benzene rings is 1. The van der Waals surface area contributed by atoms with Gasteiger partial charge in [0.05, 0.1) is 11.3 Å². The number of nitrogens with zero attached hydrogens (tertiary/aromatic N) is 3. The molecule has 0 aliphatic carbocycles. The van der Waals surface area contributed by atoms with Crippen LogP contribution in [-0.2, 0) is 17.1 Å².